The van der Waals surface area contributed by atoms with E-state index in [0.29, 0.717) is 30.0 Å². The molecule has 4 nitrogen and oxygen atoms in total. The summed E-state index contributed by atoms with van der Waals surface area (Å²) in [5, 5.41) is 3.63. The van der Waals surface area contributed by atoms with Gasteiger partial charge in [0.25, 0.3) is 5.91 Å². The lowest BCUT2D eigenvalue weighted by atomic mass is 9.96. The van der Waals surface area contributed by atoms with Crippen LogP contribution in [0.1, 0.15) is 33.1 Å². The van der Waals surface area contributed by atoms with Crippen LogP contribution in [0.2, 0.25) is 0 Å². The van der Waals surface area contributed by atoms with Crippen molar-refractivity contribution in [3.8, 4) is 0 Å². The van der Waals surface area contributed by atoms with Gasteiger partial charge in [-0.2, -0.15) is 13.2 Å². The number of hydrogen-bond acceptors (Lipinski definition) is 4. The Hall–Kier alpha value is -1.96. The minimum atomic E-state index is -4.35. The van der Waals surface area contributed by atoms with Gasteiger partial charge in [0.05, 0.1) is 11.8 Å². The van der Waals surface area contributed by atoms with Crippen LogP contribution in [0.3, 0.4) is 0 Å². The van der Waals surface area contributed by atoms with E-state index in [1.807, 2.05) is 0 Å². The first-order valence-electron chi connectivity index (χ1n) is 6.69. The fourth-order valence-corrected chi connectivity index (χ4v) is 3.09. The molecule has 0 saturated carbocycles. The van der Waals surface area contributed by atoms with Gasteiger partial charge in [-0.1, -0.05) is 22.7 Å². The number of likely N-dealkylation sites (tertiary alicyclic amines) is 1. The average molecular weight is 327 g/mol. The second kappa shape index (κ2) is 5.68. The molecule has 1 aliphatic heterocycles. The molecule has 0 bridgehead atoms. The van der Waals surface area contributed by atoms with E-state index >= 15 is 0 Å². The van der Waals surface area contributed by atoms with Crippen LogP contribution in [0.4, 0.5) is 13.2 Å². The molecule has 0 radical (unpaired) electrons. The maximum Gasteiger partial charge on any atom is 0.416 e. The van der Waals surface area contributed by atoms with Crippen molar-refractivity contribution in [1.29, 1.82) is 0 Å². The Labute approximate surface area is 128 Å². The van der Waals surface area contributed by atoms with Crippen LogP contribution in [0, 0.1) is 0 Å². The van der Waals surface area contributed by atoms with Crippen molar-refractivity contribution in [3.05, 3.63) is 46.5 Å². The van der Waals surface area contributed by atoms with E-state index in [0.717, 1.165) is 17.6 Å². The highest BCUT2D eigenvalue weighted by Crippen LogP contribution is 2.34. The van der Waals surface area contributed by atoms with Crippen molar-refractivity contribution in [2.45, 2.75) is 18.5 Å². The molecule has 1 aliphatic rings. The van der Waals surface area contributed by atoms with Crippen LogP contribution < -0.4 is 0 Å². The summed E-state index contributed by atoms with van der Waals surface area (Å²) >= 11 is 1.02. The molecule has 1 atom stereocenters. The van der Waals surface area contributed by atoms with Crippen molar-refractivity contribution in [1.82, 2.24) is 14.5 Å². The molecule has 116 valence electrons. The first kappa shape index (κ1) is 15.0. The van der Waals surface area contributed by atoms with E-state index in [2.05, 4.69) is 9.59 Å². The van der Waals surface area contributed by atoms with Gasteiger partial charge in [-0.15, -0.1) is 5.10 Å². The third kappa shape index (κ3) is 2.96. The van der Waals surface area contributed by atoms with E-state index in [4.69, 9.17) is 0 Å². The van der Waals surface area contributed by atoms with Gasteiger partial charge >= 0.3 is 6.18 Å². The topological polar surface area (TPSA) is 46.1 Å². The Morgan fingerprint density at radius 2 is 2.18 bits per heavy atom. The zero-order valence-corrected chi connectivity index (χ0v) is 12.2. The monoisotopic (exact) mass is 327 g/mol. The lowest BCUT2D eigenvalue weighted by Crippen LogP contribution is -2.27. The molecule has 0 unspecified atom stereocenters. The Balaban J connectivity index is 1.74. The predicted molar refractivity (Wildman–Crippen MR) is 74.6 cm³/mol. The molecule has 1 saturated heterocycles. The van der Waals surface area contributed by atoms with Crippen molar-refractivity contribution in [2.75, 3.05) is 13.1 Å². The summed E-state index contributed by atoms with van der Waals surface area (Å²) in [6, 6.07) is 5.33. The summed E-state index contributed by atoms with van der Waals surface area (Å²) in [4.78, 5) is 14.3. The number of nitrogens with zero attached hydrogens (tertiary/aromatic N) is 3. The van der Waals surface area contributed by atoms with Crippen molar-refractivity contribution in [2.24, 2.45) is 0 Å². The van der Waals surface area contributed by atoms with Crippen LogP contribution in [-0.2, 0) is 6.18 Å². The third-order valence-corrected chi connectivity index (χ3v) is 4.39. The van der Waals surface area contributed by atoms with E-state index in [-0.39, 0.29) is 11.8 Å². The summed E-state index contributed by atoms with van der Waals surface area (Å²) in [6.07, 6.45) is -2.29. The molecule has 1 aromatic heterocycles. The molecule has 1 fully saturated rings. The normalized spacial score (nSPS) is 18.7. The Morgan fingerprint density at radius 3 is 2.86 bits per heavy atom. The minimum absolute atomic E-state index is 0.0767. The summed E-state index contributed by atoms with van der Waals surface area (Å²) < 4.78 is 42.0. The predicted octanol–water partition coefficient (Wildman–Crippen LogP) is 3.19. The molecule has 2 heterocycles. The molecule has 3 rings (SSSR count). The van der Waals surface area contributed by atoms with Crippen LogP contribution >= 0.6 is 11.5 Å². The van der Waals surface area contributed by atoms with Crippen molar-refractivity contribution in [3.63, 3.8) is 0 Å². The van der Waals surface area contributed by atoms with Crippen LogP contribution in [0.25, 0.3) is 0 Å². The molecule has 1 aromatic carbocycles. The zero-order chi connectivity index (χ0) is 15.7. The number of aromatic nitrogens is 2. The Morgan fingerprint density at radius 1 is 1.36 bits per heavy atom. The molecular formula is C14H12F3N3OS. The lowest BCUT2D eigenvalue weighted by molar-refractivity contribution is -0.137. The standard InChI is InChI=1S/C14H12F3N3OS/c15-14(16,17)11-3-1-2-9(6-11)10-4-5-20(8-10)13(21)12-7-18-19-22-12/h1-3,6-7,10H,4-5,8H2/t10-/m0/s1. The minimum Gasteiger partial charge on any atom is -0.337 e. The fourth-order valence-electron chi connectivity index (χ4n) is 2.60. The van der Waals surface area contributed by atoms with E-state index < -0.39 is 11.7 Å². The highest BCUT2D eigenvalue weighted by Gasteiger charge is 2.33. The maximum atomic E-state index is 12.8. The number of rotatable bonds is 2. The van der Waals surface area contributed by atoms with Crippen molar-refractivity contribution >= 4 is 17.4 Å². The number of alkyl halides is 3. The van der Waals surface area contributed by atoms with Gasteiger partial charge in [-0.3, -0.25) is 4.79 Å². The SMILES string of the molecule is O=C(c1cnns1)N1CC[C@H](c2cccc(C(F)(F)F)c2)C1. The average Bonchev–Trinajstić information content (AvgIpc) is 3.17. The third-order valence-electron chi connectivity index (χ3n) is 3.73. The molecule has 1 amide bonds. The maximum absolute atomic E-state index is 12.8. The van der Waals surface area contributed by atoms with Gasteiger partial charge in [0, 0.05) is 19.0 Å². The number of carbonyl (C=O) groups is 1. The summed E-state index contributed by atoms with van der Waals surface area (Å²) in [7, 11) is 0. The molecule has 0 aliphatic carbocycles. The van der Waals surface area contributed by atoms with Gasteiger partial charge in [0.1, 0.15) is 4.88 Å². The van der Waals surface area contributed by atoms with Crippen LogP contribution in [0.15, 0.2) is 30.5 Å². The second-order valence-electron chi connectivity index (χ2n) is 5.14. The van der Waals surface area contributed by atoms with Crippen molar-refractivity contribution < 1.29 is 18.0 Å². The summed E-state index contributed by atoms with van der Waals surface area (Å²) in [6.45, 7) is 0.940. The smallest absolute Gasteiger partial charge is 0.337 e. The number of hydrogen-bond donors (Lipinski definition) is 0. The van der Waals surface area contributed by atoms with E-state index in [9.17, 15) is 18.0 Å². The number of carbonyl (C=O) groups excluding carboxylic acids is 1. The first-order valence-corrected chi connectivity index (χ1v) is 7.46. The van der Waals surface area contributed by atoms with Crippen LogP contribution in [-0.4, -0.2) is 33.5 Å². The highest BCUT2D eigenvalue weighted by molar-refractivity contribution is 7.07. The molecule has 2 aromatic rings. The quantitative estimate of drug-likeness (QED) is 0.851. The molecule has 22 heavy (non-hydrogen) atoms. The van der Waals surface area contributed by atoms with Crippen LogP contribution in [0.5, 0.6) is 0 Å². The number of halogens is 3. The van der Waals surface area contributed by atoms with Gasteiger partial charge in [0.15, 0.2) is 0 Å². The number of amides is 1. The largest absolute Gasteiger partial charge is 0.416 e. The Kier molecular flexibility index (Phi) is 3.86. The Bertz CT molecular complexity index is 672. The molecule has 0 N–H and O–H groups in total. The summed E-state index contributed by atoms with van der Waals surface area (Å²) in [5.74, 6) is -0.239. The second-order valence-corrected chi connectivity index (χ2v) is 5.93. The van der Waals surface area contributed by atoms with E-state index in [1.165, 1.54) is 18.3 Å². The van der Waals surface area contributed by atoms with Gasteiger partial charge in [-0.25, -0.2) is 0 Å². The van der Waals surface area contributed by atoms with Gasteiger partial charge in [0.2, 0.25) is 0 Å². The zero-order valence-electron chi connectivity index (χ0n) is 11.4. The fraction of sp³-hybridized carbons (Fsp3) is 0.357. The molecule has 8 heteroatoms. The molecule has 0 spiro atoms. The van der Waals surface area contributed by atoms with Gasteiger partial charge < -0.3 is 4.90 Å². The highest BCUT2D eigenvalue weighted by atomic mass is 32.1. The first-order chi connectivity index (χ1) is 10.4. The summed E-state index contributed by atoms with van der Waals surface area (Å²) in [5.41, 5.74) is -0.0333. The number of benzene rings is 1. The molecular weight excluding hydrogens is 315 g/mol. The van der Waals surface area contributed by atoms with Gasteiger partial charge in [-0.05, 0) is 29.6 Å². The van der Waals surface area contributed by atoms with E-state index in [1.54, 1.807) is 11.0 Å². The lowest BCUT2D eigenvalue weighted by Gasteiger charge is -2.16.